The van der Waals surface area contributed by atoms with Gasteiger partial charge < -0.3 is 0 Å². The Morgan fingerprint density at radius 1 is 0.228 bits per heavy atom. The van der Waals surface area contributed by atoms with Gasteiger partial charge in [-0.2, -0.15) is 0 Å². The van der Waals surface area contributed by atoms with Crippen LogP contribution >= 0.6 is 96.2 Å². The molecule has 0 aromatic carbocycles. The van der Waals surface area contributed by atoms with Gasteiger partial charge in [-0.1, -0.05) is 196 Å². The van der Waals surface area contributed by atoms with E-state index in [1.807, 2.05) is 0 Å². The Bertz CT molecular complexity index is 594. The van der Waals surface area contributed by atoms with Crippen LogP contribution in [0.4, 0.5) is 0 Å². The molecule has 0 aliphatic carbocycles. The maximum atomic E-state index is 2.73. The SMILES string of the molecule is CCCCCCCC[P+](C)(CCCCCCCC)CCCCCCCC.CCCCCCCC[P+](C)(CCCCCCCC)CCCCCCCC.[I][Co]([I])([I])[I]. The van der Waals surface area contributed by atoms with Gasteiger partial charge in [0.2, 0.25) is 0 Å². The van der Waals surface area contributed by atoms with Gasteiger partial charge in [-0.25, -0.2) is 0 Å². The number of rotatable bonds is 42. The van der Waals surface area contributed by atoms with E-state index in [2.05, 4.69) is 137 Å². The van der Waals surface area contributed by atoms with Gasteiger partial charge in [-0.05, 0) is 77.0 Å². The van der Waals surface area contributed by atoms with Gasteiger partial charge in [0.1, 0.15) is 0 Å². The first-order valence-corrected chi connectivity index (χ1v) is 44.6. The van der Waals surface area contributed by atoms with Crippen LogP contribution in [-0.4, -0.2) is 50.3 Å². The summed E-state index contributed by atoms with van der Waals surface area (Å²) in [5, 5.41) is 0. The van der Waals surface area contributed by atoms with E-state index >= 15 is 0 Å². The van der Waals surface area contributed by atoms with Crippen LogP contribution in [0.2, 0.25) is 0 Å². The van der Waals surface area contributed by atoms with Gasteiger partial charge >= 0.3 is 81.4 Å². The summed E-state index contributed by atoms with van der Waals surface area (Å²) in [7, 11) is -1.27. The molecule has 0 radical (unpaired) electrons. The first kappa shape index (κ1) is 65.6. The van der Waals surface area contributed by atoms with E-state index < -0.39 is 14.3 Å². The maximum absolute atomic E-state index is 2.73. The van der Waals surface area contributed by atoms with Crippen molar-refractivity contribution in [3.63, 3.8) is 0 Å². The van der Waals surface area contributed by atoms with E-state index in [-0.39, 0.29) is 0 Å². The van der Waals surface area contributed by atoms with Crippen LogP contribution in [0.5, 0.6) is 0 Å². The summed E-state index contributed by atoms with van der Waals surface area (Å²) in [6, 6.07) is 0. The predicted molar refractivity (Wildman–Crippen MR) is 311 cm³/mol. The fraction of sp³-hybridized carbons (Fsp3) is 1.00. The van der Waals surface area contributed by atoms with Gasteiger partial charge in [0.25, 0.3) is 0 Å². The second-order valence-electron chi connectivity index (χ2n) is 18.5. The van der Waals surface area contributed by atoms with Crippen molar-refractivity contribution < 1.29 is -0.254 Å². The quantitative estimate of drug-likeness (QED) is 0.0325. The van der Waals surface area contributed by atoms with Gasteiger partial charge in [0.05, 0.1) is 37.0 Å². The Balaban J connectivity index is -0.000000913. The van der Waals surface area contributed by atoms with Gasteiger partial charge in [-0.15, -0.1) is 0 Å². The van der Waals surface area contributed by atoms with Crippen molar-refractivity contribution in [3.05, 3.63) is 0 Å². The summed E-state index contributed by atoms with van der Waals surface area (Å²) in [6.07, 6.45) is 62.5. The number of hydrogen-bond donors (Lipinski definition) is 0. The van der Waals surface area contributed by atoms with Crippen molar-refractivity contribution in [3.8, 4) is 0 Å². The van der Waals surface area contributed by atoms with Crippen molar-refractivity contribution in [1.82, 2.24) is 0 Å². The number of halogens is 4. The van der Waals surface area contributed by atoms with Crippen LogP contribution in [0, 0.1) is 0 Å². The Morgan fingerprint density at radius 3 is 0.456 bits per heavy atom. The van der Waals surface area contributed by atoms with Gasteiger partial charge in [0.15, 0.2) is 0 Å². The molecule has 0 fully saturated rings. The third kappa shape index (κ3) is 60.3. The van der Waals surface area contributed by atoms with Gasteiger partial charge in [-0.3, -0.25) is 0 Å². The van der Waals surface area contributed by atoms with E-state index in [0.717, 1.165) is 0 Å². The molecule has 0 aromatic rings. The Kier molecular flexibility index (Phi) is 59.0. The first-order chi connectivity index (χ1) is 27.4. The molecule has 0 saturated heterocycles. The van der Waals surface area contributed by atoms with Crippen LogP contribution in [0.3, 0.4) is 0 Å². The molecular formula is C50H108CoI4P2+2. The summed E-state index contributed by atoms with van der Waals surface area (Å²) in [5.41, 5.74) is 0. The predicted octanol–water partition coefficient (Wildman–Crippen LogP) is 23.0. The van der Waals surface area contributed by atoms with Crippen molar-refractivity contribution in [2.24, 2.45) is 0 Å². The van der Waals surface area contributed by atoms with E-state index in [4.69, 9.17) is 0 Å². The van der Waals surface area contributed by atoms with Crippen molar-refractivity contribution >= 4 is 96.2 Å². The van der Waals surface area contributed by atoms with Crippen LogP contribution in [0.25, 0.3) is 0 Å². The fourth-order valence-corrected chi connectivity index (χ4v) is 15.6. The molecule has 0 amide bonds. The van der Waals surface area contributed by atoms with E-state index in [1.54, 1.807) is 37.0 Å². The van der Waals surface area contributed by atoms with Crippen LogP contribution in [0.15, 0.2) is 0 Å². The summed E-state index contributed by atoms with van der Waals surface area (Å²) >= 11 is 9.79. The molecule has 7 heteroatoms. The standard InChI is InChI=1S/2C25H54P.Co.4HI/c2*1-5-8-11-14-17-20-23-26(4,24-21-18-15-12-9-6-2)25-22-19-16-13-10-7-3;;;;;/h2*5-25H2,1-4H3;;4*1H/q2*+1;+4;;;;/p-4. The second-order valence-corrected chi connectivity index (χ2v) is 80.4. The van der Waals surface area contributed by atoms with E-state index in [0.29, 0.717) is 0 Å². The minimum atomic E-state index is -0.636. The average molecular weight is 1340 g/mol. The Labute approximate surface area is 413 Å². The van der Waals surface area contributed by atoms with Gasteiger partial charge in [0, 0.05) is 27.9 Å². The second kappa shape index (κ2) is 51.3. The zero-order valence-corrected chi connectivity index (χ0v) is 51.9. The molecule has 0 unspecified atom stereocenters. The topological polar surface area (TPSA) is 0 Å². The molecule has 0 saturated carbocycles. The zero-order chi connectivity index (χ0) is 43.2. The molecule has 0 atom stereocenters. The molecular weight excluding hydrogens is 1230 g/mol. The molecule has 0 nitrogen and oxygen atoms in total. The molecule has 0 N–H and O–H groups in total. The molecule has 0 rings (SSSR count). The molecule has 57 heavy (non-hydrogen) atoms. The van der Waals surface area contributed by atoms with E-state index in [1.165, 1.54) is 231 Å². The molecule has 0 heterocycles. The Morgan fingerprint density at radius 2 is 0.333 bits per heavy atom. The minimum absolute atomic E-state index is 0.495. The molecule has 0 aromatic heterocycles. The fourth-order valence-electron chi connectivity index (χ4n) is 8.31. The summed E-state index contributed by atoms with van der Waals surface area (Å²) in [4.78, 5) is 0. The van der Waals surface area contributed by atoms with Crippen LogP contribution in [-0.2, 0) is -0.254 Å². The Hall–Kier alpha value is 4.29. The molecule has 0 aliphatic heterocycles. The molecule has 0 aliphatic rings. The van der Waals surface area contributed by atoms with Crippen LogP contribution in [0.1, 0.15) is 273 Å². The molecule has 0 spiro atoms. The third-order valence-electron chi connectivity index (χ3n) is 12.3. The van der Waals surface area contributed by atoms with Crippen molar-refractivity contribution in [2.75, 3.05) is 50.3 Å². The summed E-state index contributed by atoms with van der Waals surface area (Å²) in [5.74, 6) is 0. The van der Waals surface area contributed by atoms with E-state index in [9.17, 15) is 0 Å². The summed E-state index contributed by atoms with van der Waals surface area (Å²) in [6.45, 7) is 19.4. The molecule has 0 bridgehead atoms. The average Bonchev–Trinajstić information content (AvgIpc) is 3.16. The summed E-state index contributed by atoms with van der Waals surface area (Å²) < 4.78 is -0.495. The number of unbranched alkanes of at least 4 members (excludes halogenated alkanes) is 30. The normalized spacial score (nSPS) is 12.3. The van der Waals surface area contributed by atoms with Crippen LogP contribution < -0.4 is 0 Å². The number of hydrogen-bond acceptors (Lipinski definition) is 0. The van der Waals surface area contributed by atoms with Crippen molar-refractivity contribution in [1.29, 1.82) is 0 Å². The first-order valence-electron chi connectivity index (χ1n) is 25.5. The monoisotopic (exact) mass is 1340 g/mol. The molecule has 353 valence electrons. The third-order valence-corrected chi connectivity index (χ3v) is 20.7. The zero-order valence-electron chi connectivity index (χ0n) is 40.4. The van der Waals surface area contributed by atoms with Crippen molar-refractivity contribution in [2.45, 2.75) is 273 Å².